The largest absolute Gasteiger partial charge is 0.463 e. The fourth-order valence-corrected chi connectivity index (χ4v) is 2.60. The van der Waals surface area contributed by atoms with Crippen LogP contribution in [0.25, 0.3) is 0 Å². The molecule has 2 amide bonds. The number of carbonyl (C=O) groups is 3. The summed E-state index contributed by atoms with van der Waals surface area (Å²) in [7, 11) is 0. The number of nitrogens with zero attached hydrogens (tertiary/aromatic N) is 1. The predicted molar refractivity (Wildman–Crippen MR) is 82.4 cm³/mol. The summed E-state index contributed by atoms with van der Waals surface area (Å²) in [4.78, 5) is 36.2. The second kappa shape index (κ2) is 6.30. The van der Waals surface area contributed by atoms with Crippen molar-refractivity contribution in [2.75, 3.05) is 23.4 Å². The van der Waals surface area contributed by atoms with Crippen molar-refractivity contribution < 1.29 is 32.6 Å². The van der Waals surface area contributed by atoms with Gasteiger partial charge in [0.2, 0.25) is 6.10 Å². The minimum Gasteiger partial charge on any atom is -0.463 e. The number of nitrogens with one attached hydrogen (secondary N) is 1. The van der Waals surface area contributed by atoms with Crippen LogP contribution in [0.2, 0.25) is 0 Å². The zero-order valence-electron chi connectivity index (χ0n) is 13.4. The van der Waals surface area contributed by atoms with Crippen LogP contribution in [-0.4, -0.2) is 37.2 Å². The zero-order valence-corrected chi connectivity index (χ0v) is 13.4. The Morgan fingerprint density at radius 1 is 1.44 bits per heavy atom. The van der Waals surface area contributed by atoms with Crippen LogP contribution in [0.15, 0.2) is 18.2 Å². The van der Waals surface area contributed by atoms with Gasteiger partial charge in [0.25, 0.3) is 5.91 Å². The summed E-state index contributed by atoms with van der Waals surface area (Å²) in [5.41, 5.74) is -0.414. The molecule has 2 aliphatic heterocycles. The Labute approximate surface area is 141 Å². The topological polar surface area (TPSA) is 84.9 Å². The van der Waals surface area contributed by atoms with E-state index in [-0.39, 0.29) is 24.5 Å². The highest BCUT2D eigenvalue weighted by molar-refractivity contribution is 6.05. The van der Waals surface area contributed by atoms with Crippen LogP contribution in [0.1, 0.15) is 25.3 Å². The SMILES string of the molecule is CCCCOC(=O)[C@H]1CN(c2ccc3c(c2)C(F)(F)C(=O)N3)C(=O)O1. The fraction of sp³-hybridized carbons (Fsp3) is 0.438. The maximum atomic E-state index is 13.9. The van der Waals surface area contributed by atoms with E-state index >= 15 is 0 Å². The first kappa shape index (κ1) is 17.1. The van der Waals surface area contributed by atoms with Crippen molar-refractivity contribution in [2.45, 2.75) is 31.8 Å². The number of unbranched alkanes of at least 4 members (excludes halogenated alkanes) is 1. The predicted octanol–water partition coefficient (Wildman–Crippen LogP) is 2.40. The molecule has 1 fully saturated rings. The summed E-state index contributed by atoms with van der Waals surface area (Å²) >= 11 is 0. The molecule has 9 heteroatoms. The third kappa shape index (κ3) is 3.01. The standard InChI is InChI=1S/C16H16F2N2O5/c1-2-3-6-24-13(21)12-8-20(15(23)25-12)9-4-5-11-10(7-9)16(17,18)14(22)19-11/h4-5,7,12H,2-3,6,8H2,1H3,(H,19,22)/t12-/m1/s1. The van der Waals surface area contributed by atoms with E-state index in [1.165, 1.54) is 12.1 Å². The number of amides is 2. The lowest BCUT2D eigenvalue weighted by atomic mass is 10.1. The number of ether oxygens (including phenoxy) is 2. The molecule has 2 aliphatic rings. The second-order valence-electron chi connectivity index (χ2n) is 5.76. The van der Waals surface area contributed by atoms with Gasteiger partial charge in [0.15, 0.2) is 0 Å². The maximum absolute atomic E-state index is 13.9. The Morgan fingerprint density at radius 3 is 2.92 bits per heavy atom. The number of esters is 1. The van der Waals surface area contributed by atoms with Crippen LogP contribution in [0.5, 0.6) is 0 Å². The van der Waals surface area contributed by atoms with Gasteiger partial charge >= 0.3 is 18.0 Å². The molecule has 25 heavy (non-hydrogen) atoms. The first-order chi connectivity index (χ1) is 11.8. The fourth-order valence-electron chi connectivity index (χ4n) is 2.60. The normalized spacial score (nSPS) is 20.9. The van der Waals surface area contributed by atoms with Gasteiger partial charge in [-0.25, -0.2) is 9.59 Å². The summed E-state index contributed by atoms with van der Waals surface area (Å²) in [6, 6.07) is 3.72. The molecular weight excluding hydrogens is 338 g/mol. The number of carbonyl (C=O) groups excluding carboxylic acids is 3. The van der Waals surface area contributed by atoms with Crippen LogP contribution in [0, 0.1) is 0 Å². The highest BCUT2D eigenvalue weighted by Crippen LogP contribution is 2.42. The molecule has 3 rings (SSSR count). The molecular formula is C16H16F2N2O5. The van der Waals surface area contributed by atoms with Gasteiger partial charge < -0.3 is 14.8 Å². The number of alkyl halides is 2. The van der Waals surface area contributed by atoms with Gasteiger partial charge in [0.1, 0.15) is 0 Å². The first-order valence-corrected chi connectivity index (χ1v) is 7.83. The van der Waals surface area contributed by atoms with E-state index in [1.807, 2.05) is 6.92 Å². The number of cyclic esters (lactones) is 1. The van der Waals surface area contributed by atoms with Crippen LogP contribution >= 0.6 is 0 Å². The molecule has 7 nitrogen and oxygen atoms in total. The maximum Gasteiger partial charge on any atom is 0.415 e. The summed E-state index contributed by atoms with van der Waals surface area (Å²) in [5.74, 6) is -5.76. The second-order valence-corrected chi connectivity index (χ2v) is 5.76. The van der Waals surface area contributed by atoms with Gasteiger partial charge in [-0.3, -0.25) is 9.69 Å². The van der Waals surface area contributed by atoms with Gasteiger partial charge in [-0.05, 0) is 24.6 Å². The van der Waals surface area contributed by atoms with Crippen molar-refractivity contribution in [1.82, 2.24) is 0 Å². The lowest BCUT2D eigenvalue weighted by Crippen LogP contribution is -2.29. The van der Waals surface area contributed by atoms with Gasteiger partial charge in [-0.15, -0.1) is 0 Å². The Bertz CT molecular complexity index is 737. The molecule has 0 radical (unpaired) electrons. The van der Waals surface area contributed by atoms with Crippen LogP contribution in [0.4, 0.5) is 25.0 Å². The zero-order chi connectivity index (χ0) is 18.2. The van der Waals surface area contributed by atoms with Gasteiger partial charge in [-0.2, -0.15) is 8.78 Å². The quantitative estimate of drug-likeness (QED) is 0.648. The molecule has 0 unspecified atom stereocenters. The van der Waals surface area contributed by atoms with Crippen molar-refractivity contribution in [1.29, 1.82) is 0 Å². The highest BCUT2D eigenvalue weighted by Gasteiger charge is 2.49. The molecule has 1 aromatic carbocycles. The Morgan fingerprint density at radius 2 is 2.20 bits per heavy atom. The number of halogens is 2. The summed E-state index contributed by atoms with van der Waals surface area (Å²) in [5, 5.41) is 2.07. The molecule has 1 saturated heterocycles. The lowest BCUT2D eigenvalue weighted by molar-refractivity contribution is -0.151. The molecule has 1 aromatic rings. The van der Waals surface area contributed by atoms with E-state index in [9.17, 15) is 23.2 Å². The molecule has 134 valence electrons. The van der Waals surface area contributed by atoms with Crippen molar-refractivity contribution >= 4 is 29.3 Å². The number of anilines is 2. The Hall–Kier alpha value is -2.71. The van der Waals surface area contributed by atoms with E-state index in [0.29, 0.717) is 6.42 Å². The van der Waals surface area contributed by atoms with Crippen LogP contribution in [-0.2, 0) is 25.0 Å². The number of hydrogen-bond acceptors (Lipinski definition) is 5. The summed E-state index contributed by atoms with van der Waals surface area (Å²) in [6.45, 7) is 2.02. The average molecular weight is 354 g/mol. The molecule has 1 N–H and O–H groups in total. The highest BCUT2D eigenvalue weighted by atomic mass is 19.3. The number of benzene rings is 1. The summed E-state index contributed by atoms with van der Waals surface area (Å²) < 4.78 is 37.7. The number of hydrogen-bond donors (Lipinski definition) is 1. The average Bonchev–Trinajstić information content (AvgIpc) is 3.06. The Balaban J connectivity index is 1.75. The van der Waals surface area contributed by atoms with Crippen molar-refractivity contribution in [3.05, 3.63) is 23.8 Å². The van der Waals surface area contributed by atoms with Crippen LogP contribution < -0.4 is 10.2 Å². The van der Waals surface area contributed by atoms with Gasteiger partial charge in [-0.1, -0.05) is 13.3 Å². The van der Waals surface area contributed by atoms with E-state index in [2.05, 4.69) is 5.32 Å². The van der Waals surface area contributed by atoms with E-state index in [4.69, 9.17) is 9.47 Å². The summed E-state index contributed by atoms with van der Waals surface area (Å²) in [6.07, 6.45) is -0.410. The molecule has 0 aromatic heterocycles. The number of rotatable bonds is 5. The minimum atomic E-state index is -3.67. The number of fused-ring (bicyclic) bond motifs is 1. The molecule has 1 atom stereocenters. The third-order valence-electron chi connectivity index (χ3n) is 4.00. The third-order valence-corrected chi connectivity index (χ3v) is 4.00. The molecule has 2 heterocycles. The van der Waals surface area contributed by atoms with E-state index in [0.717, 1.165) is 17.4 Å². The molecule has 0 bridgehead atoms. The van der Waals surface area contributed by atoms with E-state index in [1.54, 1.807) is 0 Å². The van der Waals surface area contributed by atoms with Gasteiger partial charge in [0.05, 0.1) is 24.4 Å². The first-order valence-electron chi connectivity index (χ1n) is 7.83. The van der Waals surface area contributed by atoms with Crippen molar-refractivity contribution in [2.24, 2.45) is 0 Å². The lowest BCUT2D eigenvalue weighted by Gasteiger charge is -2.15. The van der Waals surface area contributed by atoms with Crippen LogP contribution in [0.3, 0.4) is 0 Å². The smallest absolute Gasteiger partial charge is 0.415 e. The Kier molecular flexibility index (Phi) is 4.32. The van der Waals surface area contributed by atoms with Crippen molar-refractivity contribution in [3.63, 3.8) is 0 Å². The molecule has 0 aliphatic carbocycles. The monoisotopic (exact) mass is 354 g/mol. The molecule has 0 spiro atoms. The minimum absolute atomic E-state index is 0.0122. The van der Waals surface area contributed by atoms with E-state index < -0.39 is 35.6 Å². The molecule has 0 saturated carbocycles. The van der Waals surface area contributed by atoms with Gasteiger partial charge in [0, 0.05) is 5.69 Å². The van der Waals surface area contributed by atoms with Crippen molar-refractivity contribution in [3.8, 4) is 0 Å².